The Labute approximate surface area is 142 Å². The first-order chi connectivity index (χ1) is 10.7. The molecule has 0 atom stereocenters. The molecule has 0 fully saturated rings. The minimum Gasteiger partial charge on any atom is -0.496 e. The Morgan fingerprint density at radius 1 is 1.22 bits per heavy atom. The number of aryl methyl sites for hydroxylation is 1. The highest BCUT2D eigenvalue weighted by Crippen LogP contribution is 2.29. The summed E-state index contributed by atoms with van der Waals surface area (Å²) in [5, 5.41) is 9.01. The van der Waals surface area contributed by atoms with Crippen LogP contribution in [0.2, 0.25) is 0 Å². The second-order valence-electron chi connectivity index (χ2n) is 4.74. The molecule has 0 amide bonds. The Balaban J connectivity index is 2.40. The van der Waals surface area contributed by atoms with E-state index in [1.54, 1.807) is 13.0 Å². The molecule has 2 N–H and O–H groups in total. The lowest BCUT2D eigenvalue weighted by Crippen LogP contribution is -2.14. The summed E-state index contributed by atoms with van der Waals surface area (Å²) < 4.78 is 32.9. The summed E-state index contributed by atoms with van der Waals surface area (Å²) in [7, 11) is -2.37. The number of anilines is 1. The van der Waals surface area contributed by atoms with Crippen molar-refractivity contribution in [1.29, 1.82) is 0 Å². The lowest BCUT2D eigenvalue weighted by Gasteiger charge is -2.12. The van der Waals surface area contributed by atoms with Crippen molar-refractivity contribution in [2.24, 2.45) is 0 Å². The van der Waals surface area contributed by atoms with Crippen molar-refractivity contribution >= 4 is 37.6 Å². The van der Waals surface area contributed by atoms with Crippen LogP contribution in [0, 0.1) is 6.92 Å². The van der Waals surface area contributed by atoms with Gasteiger partial charge in [0.05, 0.1) is 27.7 Å². The largest absolute Gasteiger partial charge is 0.496 e. The Morgan fingerprint density at radius 2 is 1.91 bits per heavy atom. The Morgan fingerprint density at radius 3 is 2.48 bits per heavy atom. The molecule has 0 aromatic heterocycles. The maximum Gasteiger partial charge on any atom is 0.335 e. The molecule has 23 heavy (non-hydrogen) atoms. The van der Waals surface area contributed by atoms with E-state index >= 15 is 0 Å². The topological polar surface area (TPSA) is 92.7 Å². The number of carbonyl (C=O) groups is 1. The van der Waals surface area contributed by atoms with Gasteiger partial charge >= 0.3 is 5.97 Å². The molecule has 0 unspecified atom stereocenters. The number of carboxylic acid groups (broad SMARTS) is 1. The Kier molecular flexibility index (Phi) is 4.96. The molecule has 122 valence electrons. The van der Waals surface area contributed by atoms with Gasteiger partial charge in [0, 0.05) is 0 Å². The van der Waals surface area contributed by atoms with Gasteiger partial charge in [-0.3, -0.25) is 4.72 Å². The predicted molar refractivity (Wildman–Crippen MR) is 89.6 cm³/mol. The summed E-state index contributed by atoms with van der Waals surface area (Å²) >= 11 is 3.24. The number of hydrogen-bond donors (Lipinski definition) is 2. The molecule has 0 saturated heterocycles. The maximum atomic E-state index is 12.5. The smallest absolute Gasteiger partial charge is 0.335 e. The van der Waals surface area contributed by atoms with Gasteiger partial charge in [-0.15, -0.1) is 0 Å². The van der Waals surface area contributed by atoms with Crippen LogP contribution in [0.15, 0.2) is 45.8 Å². The van der Waals surface area contributed by atoms with Crippen molar-refractivity contribution in [3.63, 3.8) is 0 Å². The van der Waals surface area contributed by atoms with E-state index in [1.807, 2.05) is 0 Å². The Hall–Kier alpha value is -2.06. The minimum absolute atomic E-state index is 0.00390. The molecule has 2 aromatic carbocycles. The molecule has 0 aliphatic heterocycles. The second kappa shape index (κ2) is 6.59. The first kappa shape index (κ1) is 17.3. The van der Waals surface area contributed by atoms with Gasteiger partial charge in [-0.05, 0) is 58.7 Å². The molecule has 0 saturated carbocycles. The number of hydrogen-bond acceptors (Lipinski definition) is 4. The van der Waals surface area contributed by atoms with Crippen LogP contribution in [0.5, 0.6) is 5.75 Å². The molecule has 8 heteroatoms. The number of ether oxygens (including phenoxy) is 1. The van der Waals surface area contributed by atoms with E-state index in [9.17, 15) is 13.2 Å². The van der Waals surface area contributed by atoms with Crippen LogP contribution in [0.25, 0.3) is 0 Å². The lowest BCUT2D eigenvalue weighted by molar-refractivity contribution is 0.0697. The first-order valence-electron chi connectivity index (χ1n) is 6.45. The summed E-state index contributed by atoms with van der Waals surface area (Å²) in [6, 6.07) is 8.59. The second-order valence-corrected chi connectivity index (χ2v) is 7.27. The highest BCUT2D eigenvalue weighted by molar-refractivity contribution is 9.10. The molecule has 0 aliphatic rings. The van der Waals surface area contributed by atoms with Crippen LogP contribution in [0.4, 0.5) is 5.69 Å². The molecule has 2 rings (SSSR count). The summed E-state index contributed by atoms with van der Waals surface area (Å²) in [4.78, 5) is 11.1. The summed E-state index contributed by atoms with van der Waals surface area (Å²) in [6.07, 6.45) is 0. The molecular weight excluding hydrogens is 386 g/mol. The van der Waals surface area contributed by atoms with Gasteiger partial charge in [-0.2, -0.15) is 0 Å². The van der Waals surface area contributed by atoms with E-state index in [0.29, 0.717) is 15.8 Å². The third-order valence-corrected chi connectivity index (χ3v) is 5.15. The third-order valence-electron chi connectivity index (χ3n) is 3.16. The standard InChI is InChI=1S/C15H14BrNO5S/c1-9-3-4-10(15(18)19)7-13(9)17-23(20,21)11-5-6-14(22-2)12(16)8-11/h3-8,17H,1-2H3,(H,18,19). The van der Waals surface area contributed by atoms with Crippen molar-refractivity contribution in [2.75, 3.05) is 11.8 Å². The summed E-state index contributed by atoms with van der Waals surface area (Å²) in [6.45, 7) is 1.69. The van der Waals surface area contributed by atoms with E-state index in [0.717, 1.165) is 0 Å². The number of carboxylic acids is 1. The van der Waals surface area contributed by atoms with E-state index in [4.69, 9.17) is 9.84 Å². The molecule has 2 aromatic rings. The number of sulfonamides is 1. The van der Waals surface area contributed by atoms with Crippen LogP contribution in [0.1, 0.15) is 15.9 Å². The van der Waals surface area contributed by atoms with Gasteiger partial charge in [0.25, 0.3) is 10.0 Å². The van der Waals surface area contributed by atoms with Crippen LogP contribution in [-0.2, 0) is 10.0 Å². The molecule has 0 bridgehead atoms. The van der Waals surface area contributed by atoms with E-state index in [1.165, 1.54) is 37.4 Å². The predicted octanol–water partition coefficient (Wildman–Crippen LogP) is 3.27. The highest BCUT2D eigenvalue weighted by Gasteiger charge is 2.18. The van der Waals surface area contributed by atoms with Crippen LogP contribution in [-0.4, -0.2) is 26.6 Å². The third kappa shape index (κ3) is 3.83. The Bertz CT molecular complexity index is 864. The van der Waals surface area contributed by atoms with Gasteiger partial charge in [0.15, 0.2) is 0 Å². The van der Waals surface area contributed by atoms with Gasteiger partial charge in [0.2, 0.25) is 0 Å². The van der Waals surface area contributed by atoms with E-state index < -0.39 is 16.0 Å². The lowest BCUT2D eigenvalue weighted by atomic mass is 10.1. The van der Waals surface area contributed by atoms with Gasteiger partial charge in [-0.1, -0.05) is 6.07 Å². The maximum absolute atomic E-state index is 12.5. The average Bonchev–Trinajstić information content (AvgIpc) is 2.49. The number of benzene rings is 2. The normalized spacial score (nSPS) is 11.1. The van der Waals surface area contributed by atoms with E-state index in [-0.39, 0.29) is 16.1 Å². The van der Waals surface area contributed by atoms with Crippen molar-refractivity contribution in [2.45, 2.75) is 11.8 Å². The van der Waals surface area contributed by atoms with Gasteiger partial charge < -0.3 is 9.84 Å². The highest BCUT2D eigenvalue weighted by atomic mass is 79.9. The zero-order valence-corrected chi connectivity index (χ0v) is 14.7. The van der Waals surface area contributed by atoms with Crippen LogP contribution < -0.4 is 9.46 Å². The summed E-state index contributed by atoms with van der Waals surface area (Å²) in [5.74, 6) is -0.620. The van der Waals surface area contributed by atoms with Crippen molar-refractivity contribution < 1.29 is 23.1 Å². The molecule has 0 aliphatic carbocycles. The molecule has 0 radical (unpaired) electrons. The zero-order chi connectivity index (χ0) is 17.2. The fraction of sp³-hybridized carbons (Fsp3) is 0.133. The minimum atomic E-state index is -3.85. The van der Waals surface area contributed by atoms with Crippen molar-refractivity contribution in [1.82, 2.24) is 0 Å². The number of aromatic carboxylic acids is 1. The molecule has 6 nitrogen and oxygen atoms in total. The monoisotopic (exact) mass is 399 g/mol. The van der Waals surface area contributed by atoms with Crippen molar-refractivity contribution in [3.8, 4) is 5.75 Å². The quantitative estimate of drug-likeness (QED) is 0.804. The molecule has 0 spiro atoms. The summed E-state index contributed by atoms with van der Waals surface area (Å²) in [5.41, 5.74) is 0.840. The molecular formula is C15H14BrNO5S. The zero-order valence-electron chi connectivity index (χ0n) is 12.3. The first-order valence-corrected chi connectivity index (χ1v) is 8.72. The van der Waals surface area contributed by atoms with Gasteiger partial charge in [-0.25, -0.2) is 13.2 Å². The number of halogens is 1. The van der Waals surface area contributed by atoms with Crippen molar-refractivity contribution in [3.05, 3.63) is 52.0 Å². The van der Waals surface area contributed by atoms with E-state index in [2.05, 4.69) is 20.7 Å². The number of methoxy groups -OCH3 is 1. The number of nitrogens with one attached hydrogen (secondary N) is 1. The SMILES string of the molecule is COc1ccc(S(=O)(=O)Nc2cc(C(=O)O)ccc2C)cc1Br. The van der Waals surface area contributed by atoms with Crippen LogP contribution in [0.3, 0.4) is 0 Å². The van der Waals surface area contributed by atoms with Crippen LogP contribution >= 0.6 is 15.9 Å². The molecule has 0 heterocycles. The number of rotatable bonds is 5. The average molecular weight is 400 g/mol. The fourth-order valence-corrected chi connectivity index (χ4v) is 3.72. The van der Waals surface area contributed by atoms with Gasteiger partial charge in [0.1, 0.15) is 5.75 Å². The fourth-order valence-electron chi connectivity index (χ4n) is 1.88.